The molecule has 0 rings (SSSR count). The Morgan fingerprint density at radius 3 is 1.59 bits per heavy atom. The second kappa shape index (κ2) is 17.1. The molecule has 0 aromatic heterocycles. The Morgan fingerprint density at radius 1 is 0.727 bits per heavy atom. The van der Waals surface area contributed by atoms with Crippen LogP contribution in [0.1, 0.15) is 77.6 Å². The summed E-state index contributed by atoms with van der Waals surface area (Å²) in [5.41, 5.74) is 0. The molecular formula is C15H35NO5S. The topological polar surface area (TPSA) is 108 Å². The van der Waals surface area contributed by atoms with Crippen molar-refractivity contribution in [3.8, 4) is 0 Å². The van der Waals surface area contributed by atoms with Crippen LogP contribution in [0.3, 0.4) is 0 Å². The largest absolute Gasteiger partial charge is 0.399 e. The Bertz CT molecular complexity index is 309. The number of unbranched alkanes of at least 4 members (excludes halogenated alkanes) is 9. The first-order valence-electron chi connectivity index (χ1n) is 8.27. The molecule has 6 nitrogen and oxygen atoms in total. The van der Waals surface area contributed by atoms with Crippen LogP contribution in [-0.2, 0) is 18.8 Å². The molecule has 0 amide bonds. The van der Waals surface area contributed by atoms with Crippen LogP contribution in [0.25, 0.3) is 0 Å². The number of aliphatic hydroxyl groups excluding tert-OH is 1. The molecule has 0 heterocycles. The highest BCUT2D eigenvalue weighted by Crippen LogP contribution is 2.10. The minimum absolute atomic E-state index is 0. The van der Waals surface area contributed by atoms with Gasteiger partial charge in [-0.1, -0.05) is 64.7 Å². The lowest BCUT2D eigenvalue weighted by Gasteiger charge is -2.05. The summed E-state index contributed by atoms with van der Waals surface area (Å²) < 4.78 is 31.7. The van der Waals surface area contributed by atoms with Gasteiger partial charge in [-0.25, -0.2) is 8.37 Å². The van der Waals surface area contributed by atoms with Gasteiger partial charge in [0.15, 0.2) is 0 Å². The van der Waals surface area contributed by atoms with E-state index in [0.29, 0.717) is 6.42 Å². The average Bonchev–Trinajstić information content (AvgIpc) is 2.45. The van der Waals surface area contributed by atoms with Crippen molar-refractivity contribution in [3.63, 3.8) is 0 Å². The van der Waals surface area contributed by atoms with Gasteiger partial charge in [0.25, 0.3) is 0 Å². The third-order valence-electron chi connectivity index (χ3n) is 3.26. The number of rotatable bonds is 16. The Hall–Kier alpha value is -0.210. The predicted molar refractivity (Wildman–Crippen MR) is 89.4 cm³/mol. The zero-order valence-corrected chi connectivity index (χ0v) is 14.9. The lowest BCUT2D eigenvalue weighted by atomic mass is 10.1. The molecule has 0 aliphatic rings. The summed E-state index contributed by atoms with van der Waals surface area (Å²) in [6.45, 7) is 2.28. The third kappa shape index (κ3) is 17.8. The first-order valence-corrected chi connectivity index (χ1v) is 9.60. The van der Waals surface area contributed by atoms with Gasteiger partial charge in [-0.3, -0.25) is 0 Å². The average molecular weight is 342 g/mol. The molecule has 0 saturated carbocycles. The van der Waals surface area contributed by atoms with E-state index in [4.69, 9.17) is 9.29 Å². The molecule has 0 unspecified atom stereocenters. The summed E-state index contributed by atoms with van der Waals surface area (Å²) >= 11 is 0. The lowest BCUT2D eigenvalue weighted by Crippen LogP contribution is -2.12. The Labute approximate surface area is 136 Å². The zero-order chi connectivity index (χ0) is 15.8. The summed E-state index contributed by atoms with van der Waals surface area (Å²) in [4.78, 5) is 0. The van der Waals surface area contributed by atoms with Crippen LogP contribution in [0.15, 0.2) is 0 Å². The molecule has 0 aromatic rings. The van der Waals surface area contributed by atoms with Crippen molar-refractivity contribution in [1.82, 2.24) is 6.15 Å². The van der Waals surface area contributed by atoms with E-state index in [1.165, 1.54) is 44.9 Å². The normalized spacial score (nSPS) is 11.4. The van der Waals surface area contributed by atoms with Crippen LogP contribution >= 0.6 is 0 Å². The maximum absolute atomic E-state index is 11.2. The quantitative estimate of drug-likeness (QED) is 0.414. The first kappa shape index (κ1) is 24.0. The van der Waals surface area contributed by atoms with Crippen molar-refractivity contribution < 1.29 is 21.9 Å². The van der Waals surface area contributed by atoms with Crippen molar-refractivity contribution in [2.45, 2.75) is 77.6 Å². The van der Waals surface area contributed by atoms with Gasteiger partial charge in [0.2, 0.25) is 0 Å². The smallest absolute Gasteiger partial charge is 0.396 e. The highest BCUT2D eigenvalue weighted by molar-refractivity contribution is 7.81. The molecule has 136 valence electrons. The summed E-state index contributed by atoms with van der Waals surface area (Å²) in [6.07, 6.45) is 12.2. The zero-order valence-electron chi connectivity index (χ0n) is 14.1. The number of aliphatic hydroxyl groups is 1. The van der Waals surface area contributed by atoms with Gasteiger partial charge in [0.1, 0.15) is 0 Å². The Kier molecular flexibility index (Phi) is 18.7. The SMILES string of the molecule is CCCCCCCCCCCCOS(=O)(=O)OCCCO.N. The maximum atomic E-state index is 11.2. The van der Waals surface area contributed by atoms with Gasteiger partial charge in [0.05, 0.1) is 13.2 Å². The molecule has 0 atom stereocenters. The van der Waals surface area contributed by atoms with E-state index in [2.05, 4.69) is 11.1 Å². The molecule has 0 aliphatic carbocycles. The molecule has 0 fully saturated rings. The second-order valence-electron chi connectivity index (χ2n) is 5.31. The van der Waals surface area contributed by atoms with Crippen molar-refractivity contribution in [2.24, 2.45) is 0 Å². The highest BCUT2D eigenvalue weighted by Gasteiger charge is 2.10. The highest BCUT2D eigenvalue weighted by atomic mass is 32.3. The van der Waals surface area contributed by atoms with Crippen molar-refractivity contribution in [1.29, 1.82) is 0 Å². The van der Waals surface area contributed by atoms with Crippen LogP contribution in [0.4, 0.5) is 0 Å². The fourth-order valence-corrected chi connectivity index (χ4v) is 2.72. The summed E-state index contributed by atoms with van der Waals surface area (Å²) in [6, 6.07) is 0. The van der Waals surface area contributed by atoms with Crippen LogP contribution in [0.2, 0.25) is 0 Å². The van der Waals surface area contributed by atoms with Crippen LogP contribution < -0.4 is 6.15 Å². The summed E-state index contributed by atoms with van der Waals surface area (Å²) in [5.74, 6) is 0. The first-order chi connectivity index (χ1) is 10.1. The van der Waals surface area contributed by atoms with Gasteiger partial charge < -0.3 is 11.3 Å². The van der Waals surface area contributed by atoms with Gasteiger partial charge in [-0.05, 0) is 12.8 Å². The molecule has 0 radical (unpaired) electrons. The Balaban J connectivity index is 0. The van der Waals surface area contributed by atoms with Gasteiger partial charge in [0, 0.05) is 6.61 Å². The van der Waals surface area contributed by atoms with Crippen molar-refractivity contribution in [2.75, 3.05) is 19.8 Å². The molecular weight excluding hydrogens is 306 g/mol. The molecule has 7 heteroatoms. The van der Waals surface area contributed by atoms with E-state index in [1.54, 1.807) is 0 Å². The monoisotopic (exact) mass is 341 g/mol. The summed E-state index contributed by atoms with van der Waals surface area (Å²) in [5, 5.41) is 8.52. The maximum Gasteiger partial charge on any atom is 0.399 e. The van der Waals surface area contributed by atoms with E-state index in [1.807, 2.05) is 0 Å². The second-order valence-corrected chi connectivity index (χ2v) is 6.60. The van der Waals surface area contributed by atoms with Gasteiger partial charge >= 0.3 is 10.4 Å². The fraction of sp³-hybridized carbons (Fsp3) is 1.00. The predicted octanol–water partition coefficient (Wildman–Crippen LogP) is 3.73. The van der Waals surface area contributed by atoms with E-state index >= 15 is 0 Å². The third-order valence-corrected chi connectivity index (χ3v) is 4.17. The lowest BCUT2D eigenvalue weighted by molar-refractivity contribution is 0.190. The van der Waals surface area contributed by atoms with Crippen LogP contribution in [-0.4, -0.2) is 33.3 Å². The molecule has 0 spiro atoms. The molecule has 22 heavy (non-hydrogen) atoms. The molecule has 0 saturated heterocycles. The van der Waals surface area contributed by atoms with E-state index < -0.39 is 10.4 Å². The number of hydrogen-bond acceptors (Lipinski definition) is 6. The van der Waals surface area contributed by atoms with Crippen molar-refractivity contribution in [3.05, 3.63) is 0 Å². The summed E-state index contributed by atoms with van der Waals surface area (Å²) in [7, 11) is -3.88. The molecule has 0 aliphatic heterocycles. The Morgan fingerprint density at radius 2 is 1.14 bits per heavy atom. The number of hydrogen-bond donors (Lipinski definition) is 2. The van der Waals surface area contributed by atoms with Crippen LogP contribution in [0, 0.1) is 0 Å². The molecule has 0 bridgehead atoms. The molecule has 0 aromatic carbocycles. The minimum atomic E-state index is -3.88. The minimum Gasteiger partial charge on any atom is -0.396 e. The van der Waals surface area contributed by atoms with Crippen LogP contribution in [0.5, 0.6) is 0 Å². The fourth-order valence-electron chi connectivity index (χ4n) is 2.01. The standard InChI is InChI=1S/C15H32O5S.H3N/c1-2-3-4-5-6-7-8-9-10-11-14-19-21(17,18)20-15-12-13-16;/h16H,2-15H2,1H3;1H3. The van der Waals surface area contributed by atoms with Gasteiger partial charge in [-0.2, -0.15) is 8.42 Å². The van der Waals surface area contributed by atoms with E-state index in [9.17, 15) is 8.42 Å². The van der Waals surface area contributed by atoms with Crippen molar-refractivity contribution >= 4 is 10.4 Å². The van der Waals surface area contributed by atoms with E-state index in [0.717, 1.165) is 19.3 Å². The molecule has 4 N–H and O–H groups in total. The van der Waals surface area contributed by atoms with Gasteiger partial charge in [-0.15, -0.1) is 0 Å². The van der Waals surface area contributed by atoms with E-state index in [-0.39, 0.29) is 26.0 Å².